The highest BCUT2D eigenvalue weighted by Gasteiger charge is 1.96. The SMILES string of the molecule is C/C=C(N)\N=C(/C)c1ccc(C)cc1. The molecule has 1 aromatic rings. The number of allylic oxidation sites excluding steroid dienone is 1. The van der Waals surface area contributed by atoms with Crippen molar-refractivity contribution in [3.8, 4) is 0 Å². The zero-order valence-corrected chi connectivity index (χ0v) is 8.91. The zero-order valence-electron chi connectivity index (χ0n) is 8.91. The summed E-state index contributed by atoms with van der Waals surface area (Å²) in [6.45, 7) is 5.90. The van der Waals surface area contributed by atoms with Gasteiger partial charge in [-0.25, -0.2) is 4.99 Å². The predicted molar refractivity (Wildman–Crippen MR) is 61.3 cm³/mol. The third-order valence-corrected chi connectivity index (χ3v) is 2.06. The molecule has 0 unspecified atom stereocenters. The Hall–Kier alpha value is -1.57. The molecule has 74 valence electrons. The number of hydrogen-bond acceptors (Lipinski definition) is 2. The van der Waals surface area contributed by atoms with Crippen LogP contribution in [0.5, 0.6) is 0 Å². The van der Waals surface area contributed by atoms with Crippen molar-refractivity contribution < 1.29 is 0 Å². The normalized spacial score (nSPS) is 13.1. The standard InChI is InChI=1S/C12H16N2/c1-4-12(13)14-10(3)11-7-5-9(2)6-8-11/h4-8H,13H2,1-3H3/b12-4-,14-10+. The molecule has 0 fully saturated rings. The number of hydrogen-bond donors (Lipinski definition) is 1. The monoisotopic (exact) mass is 188 g/mol. The average Bonchev–Trinajstić information content (AvgIpc) is 2.18. The third-order valence-electron chi connectivity index (χ3n) is 2.06. The number of nitrogens with zero attached hydrogens (tertiary/aromatic N) is 1. The van der Waals surface area contributed by atoms with Gasteiger partial charge >= 0.3 is 0 Å². The van der Waals surface area contributed by atoms with Crippen LogP contribution in [0.3, 0.4) is 0 Å². The lowest BCUT2D eigenvalue weighted by Gasteiger charge is -2.01. The molecule has 0 aromatic heterocycles. The summed E-state index contributed by atoms with van der Waals surface area (Å²) in [6.07, 6.45) is 1.79. The van der Waals surface area contributed by atoms with Gasteiger partial charge in [0.05, 0.1) is 0 Å². The van der Waals surface area contributed by atoms with Crippen molar-refractivity contribution in [3.05, 3.63) is 47.3 Å². The van der Waals surface area contributed by atoms with E-state index in [-0.39, 0.29) is 0 Å². The average molecular weight is 188 g/mol. The summed E-state index contributed by atoms with van der Waals surface area (Å²) in [5, 5.41) is 0. The minimum Gasteiger partial charge on any atom is -0.384 e. The summed E-state index contributed by atoms with van der Waals surface area (Å²) in [4.78, 5) is 4.25. The second-order valence-electron chi connectivity index (χ2n) is 3.28. The number of benzene rings is 1. The molecule has 0 heterocycles. The first-order valence-corrected chi connectivity index (χ1v) is 4.67. The van der Waals surface area contributed by atoms with Crippen LogP contribution in [0.15, 0.2) is 41.2 Å². The summed E-state index contributed by atoms with van der Waals surface area (Å²) in [6, 6.07) is 8.24. The van der Waals surface area contributed by atoms with Gasteiger partial charge < -0.3 is 5.73 Å². The van der Waals surface area contributed by atoms with Crippen molar-refractivity contribution in [2.75, 3.05) is 0 Å². The summed E-state index contributed by atoms with van der Waals surface area (Å²) < 4.78 is 0. The van der Waals surface area contributed by atoms with Crippen LogP contribution in [0.1, 0.15) is 25.0 Å². The summed E-state index contributed by atoms with van der Waals surface area (Å²) in [7, 11) is 0. The maximum Gasteiger partial charge on any atom is 0.119 e. The lowest BCUT2D eigenvalue weighted by molar-refractivity contribution is 1.22. The quantitative estimate of drug-likeness (QED) is 0.712. The molecule has 2 nitrogen and oxygen atoms in total. The first-order chi connectivity index (χ1) is 6.63. The molecule has 1 rings (SSSR count). The second kappa shape index (κ2) is 4.61. The van der Waals surface area contributed by atoms with Crippen molar-refractivity contribution in [1.29, 1.82) is 0 Å². The molecule has 14 heavy (non-hydrogen) atoms. The van der Waals surface area contributed by atoms with Gasteiger partial charge in [-0.2, -0.15) is 0 Å². The molecule has 0 bridgehead atoms. The number of rotatable bonds is 2. The van der Waals surface area contributed by atoms with Gasteiger partial charge in [-0.3, -0.25) is 0 Å². The first kappa shape index (κ1) is 10.5. The van der Waals surface area contributed by atoms with E-state index in [0.29, 0.717) is 5.82 Å². The molecule has 0 amide bonds. The fraction of sp³-hybridized carbons (Fsp3) is 0.250. The van der Waals surface area contributed by atoms with Gasteiger partial charge in [0.1, 0.15) is 5.82 Å². The molecule has 0 aliphatic carbocycles. The van der Waals surface area contributed by atoms with Crippen LogP contribution < -0.4 is 5.73 Å². The van der Waals surface area contributed by atoms with Gasteiger partial charge in [-0.1, -0.05) is 29.8 Å². The minimum absolute atomic E-state index is 0.558. The molecule has 0 aliphatic rings. The Morgan fingerprint density at radius 1 is 1.29 bits per heavy atom. The Morgan fingerprint density at radius 3 is 2.36 bits per heavy atom. The van der Waals surface area contributed by atoms with Crippen molar-refractivity contribution >= 4 is 5.71 Å². The Labute approximate surface area is 85.2 Å². The summed E-state index contributed by atoms with van der Waals surface area (Å²) in [5.41, 5.74) is 8.92. The minimum atomic E-state index is 0.558. The van der Waals surface area contributed by atoms with Crippen LogP contribution in [0.25, 0.3) is 0 Å². The molecular formula is C12H16N2. The number of nitrogens with two attached hydrogens (primary N) is 1. The lowest BCUT2D eigenvalue weighted by Crippen LogP contribution is -2.00. The van der Waals surface area contributed by atoms with E-state index in [1.165, 1.54) is 5.56 Å². The van der Waals surface area contributed by atoms with Crippen molar-refractivity contribution in [2.24, 2.45) is 10.7 Å². The van der Waals surface area contributed by atoms with Crippen molar-refractivity contribution in [1.82, 2.24) is 0 Å². The van der Waals surface area contributed by atoms with Crippen molar-refractivity contribution in [2.45, 2.75) is 20.8 Å². The fourth-order valence-corrected chi connectivity index (χ4v) is 1.12. The number of aliphatic imine (C=N–C) groups is 1. The van der Waals surface area contributed by atoms with E-state index < -0.39 is 0 Å². The summed E-state index contributed by atoms with van der Waals surface area (Å²) in [5.74, 6) is 0.558. The molecule has 0 saturated heterocycles. The Balaban J connectivity index is 2.95. The van der Waals surface area contributed by atoms with Crippen molar-refractivity contribution in [3.63, 3.8) is 0 Å². The van der Waals surface area contributed by atoms with Gasteiger partial charge in [0.2, 0.25) is 0 Å². The highest BCUT2D eigenvalue weighted by molar-refractivity contribution is 5.99. The third kappa shape index (κ3) is 2.73. The predicted octanol–water partition coefficient (Wildman–Crippen LogP) is 2.62. The lowest BCUT2D eigenvalue weighted by atomic mass is 10.1. The van der Waals surface area contributed by atoms with E-state index in [0.717, 1.165) is 11.3 Å². The van der Waals surface area contributed by atoms with Crippen LogP contribution in [0, 0.1) is 6.92 Å². The largest absolute Gasteiger partial charge is 0.384 e. The molecule has 0 atom stereocenters. The van der Waals surface area contributed by atoms with Crippen LogP contribution in [0.2, 0.25) is 0 Å². The van der Waals surface area contributed by atoms with Crippen LogP contribution in [0.4, 0.5) is 0 Å². The molecule has 0 radical (unpaired) electrons. The highest BCUT2D eigenvalue weighted by atomic mass is 14.9. The smallest absolute Gasteiger partial charge is 0.119 e. The summed E-state index contributed by atoms with van der Waals surface area (Å²) >= 11 is 0. The number of aryl methyl sites for hydroxylation is 1. The maximum atomic E-state index is 5.61. The Morgan fingerprint density at radius 2 is 1.86 bits per heavy atom. The van der Waals surface area contributed by atoms with Crippen LogP contribution in [-0.4, -0.2) is 5.71 Å². The van der Waals surface area contributed by atoms with Gasteiger partial charge in [0.15, 0.2) is 0 Å². The van der Waals surface area contributed by atoms with Crippen LogP contribution >= 0.6 is 0 Å². The van der Waals surface area contributed by atoms with E-state index >= 15 is 0 Å². The van der Waals surface area contributed by atoms with E-state index in [1.807, 2.05) is 13.8 Å². The molecule has 1 aromatic carbocycles. The van der Waals surface area contributed by atoms with Crippen LogP contribution in [-0.2, 0) is 0 Å². The molecule has 0 saturated carbocycles. The molecular weight excluding hydrogens is 172 g/mol. The maximum absolute atomic E-state index is 5.61. The van der Waals surface area contributed by atoms with E-state index in [9.17, 15) is 0 Å². The van der Waals surface area contributed by atoms with E-state index in [2.05, 4.69) is 36.2 Å². The van der Waals surface area contributed by atoms with E-state index in [4.69, 9.17) is 5.73 Å². The Kier molecular flexibility index (Phi) is 3.46. The van der Waals surface area contributed by atoms with Gasteiger partial charge in [0.25, 0.3) is 0 Å². The topological polar surface area (TPSA) is 38.4 Å². The molecule has 0 spiro atoms. The highest BCUT2D eigenvalue weighted by Crippen LogP contribution is 2.05. The van der Waals surface area contributed by atoms with Gasteiger partial charge in [-0.05, 0) is 32.4 Å². The first-order valence-electron chi connectivity index (χ1n) is 4.67. The van der Waals surface area contributed by atoms with Gasteiger partial charge in [0, 0.05) is 5.71 Å². The van der Waals surface area contributed by atoms with E-state index in [1.54, 1.807) is 6.08 Å². The Bertz CT molecular complexity index is 358. The molecule has 2 N–H and O–H groups in total. The van der Waals surface area contributed by atoms with Gasteiger partial charge in [-0.15, -0.1) is 0 Å². The molecule has 0 aliphatic heterocycles. The second-order valence-corrected chi connectivity index (χ2v) is 3.28. The fourth-order valence-electron chi connectivity index (χ4n) is 1.12. The zero-order chi connectivity index (χ0) is 10.6. The molecule has 2 heteroatoms.